The number of aromatic nitrogens is 1. The van der Waals surface area contributed by atoms with Crippen LogP contribution in [0.15, 0.2) is 41.7 Å². The molecule has 7 heteroatoms. The number of nitrogens with zero attached hydrogens (tertiary/aromatic N) is 2. The molecule has 0 atom stereocenters. The van der Waals surface area contributed by atoms with Crippen molar-refractivity contribution in [2.24, 2.45) is 16.5 Å². The summed E-state index contributed by atoms with van der Waals surface area (Å²) < 4.78 is 1.81. The van der Waals surface area contributed by atoms with E-state index in [0.717, 1.165) is 0 Å². The van der Waals surface area contributed by atoms with Crippen molar-refractivity contribution in [2.75, 3.05) is 5.32 Å². The number of hydrogen-bond acceptors (Lipinski definition) is 2. The van der Waals surface area contributed by atoms with Gasteiger partial charge in [-0.1, -0.05) is 0 Å². The summed E-state index contributed by atoms with van der Waals surface area (Å²) in [6, 6.07) is 6.94. The Morgan fingerprint density at radius 2 is 1.82 bits per heavy atom. The van der Waals surface area contributed by atoms with Crippen molar-refractivity contribution < 1.29 is 9.59 Å². The van der Waals surface area contributed by atoms with Crippen LogP contribution in [0.2, 0.25) is 0 Å². The molecule has 0 aliphatic carbocycles. The summed E-state index contributed by atoms with van der Waals surface area (Å²) in [6.07, 6.45) is 3.64. The lowest BCUT2D eigenvalue weighted by atomic mass is 10.0. The van der Waals surface area contributed by atoms with Crippen molar-refractivity contribution in [1.29, 1.82) is 0 Å². The maximum absolute atomic E-state index is 12.1. The maximum Gasteiger partial charge on any atom is 0.280 e. The molecule has 0 bridgehead atoms. The molecular weight excluding hydrogens is 282 g/mol. The van der Waals surface area contributed by atoms with E-state index in [2.05, 4.69) is 10.3 Å². The molecular formula is C15H17N5O2. The minimum absolute atomic E-state index is 0.198. The minimum atomic E-state index is -0.528. The summed E-state index contributed by atoms with van der Waals surface area (Å²) in [5.74, 6) is -1.02. The summed E-state index contributed by atoms with van der Waals surface area (Å²) in [5, 5.41) is 2.75. The number of rotatable bonds is 3. The topological polar surface area (TPSA) is 116 Å². The van der Waals surface area contributed by atoms with Crippen LogP contribution >= 0.6 is 0 Å². The Bertz CT molecular complexity index is 744. The molecule has 1 aromatic carbocycles. The Balaban J connectivity index is 2.62. The van der Waals surface area contributed by atoms with E-state index >= 15 is 0 Å². The third-order valence-corrected chi connectivity index (χ3v) is 3.07. The molecule has 0 unspecified atom stereocenters. The first-order chi connectivity index (χ1) is 10.4. The first kappa shape index (κ1) is 15.3. The molecule has 0 saturated carbocycles. The SMILES string of the molecule is CC(=O)Nc1ccc(C(=O)N=C(N)N)c(C)c1-n1cccc1. The number of carbonyl (C=O) groups is 2. The number of benzene rings is 1. The highest BCUT2D eigenvalue weighted by atomic mass is 16.2. The van der Waals surface area contributed by atoms with Crippen molar-refractivity contribution in [2.45, 2.75) is 13.8 Å². The monoisotopic (exact) mass is 299 g/mol. The number of hydrogen-bond donors (Lipinski definition) is 3. The second-order valence-electron chi connectivity index (χ2n) is 4.75. The van der Waals surface area contributed by atoms with Crippen LogP contribution in [0, 0.1) is 6.92 Å². The van der Waals surface area contributed by atoms with E-state index in [1.165, 1.54) is 6.92 Å². The van der Waals surface area contributed by atoms with Crippen molar-refractivity contribution in [3.05, 3.63) is 47.8 Å². The number of amides is 2. The molecule has 0 spiro atoms. The molecule has 2 amide bonds. The molecule has 0 fully saturated rings. The van der Waals surface area contributed by atoms with Gasteiger partial charge in [0.1, 0.15) is 0 Å². The van der Waals surface area contributed by atoms with E-state index in [9.17, 15) is 9.59 Å². The van der Waals surface area contributed by atoms with E-state index in [1.807, 2.05) is 29.1 Å². The predicted octanol–water partition coefficient (Wildman–Crippen LogP) is 1.16. The highest BCUT2D eigenvalue weighted by molar-refractivity contribution is 6.04. The summed E-state index contributed by atoms with van der Waals surface area (Å²) >= 11 is 0. The first-order valence-electron chi connectivity index (χ1n) is 6.58. The highest BCUT2D eigenvalue weighted by Crippen LogP contribution is 2.28. The number of aliphatic imine (C=N–C) groups is 1. The fourth-order valence-electron chi connectivity index (χ4n) is 2.22. The average molecular weight is 299 g/mol. The van der Waals surface area contributed by atoms with Gasteiger partial charge in [-0.15, -0.1) is 0 Å². The zero-order chi connectivity index (χ0) is 16.3. The van der Waals surface area contributed by atoms with Crippen LogP contribution in [0.1, 0.15) is 22.8 Å². The summed E-state index contributed by atoms with van der Waals surface area (Å²) in [7, 11) is 0. The number of anilines is 1. The van der Waals surface area contributed by atoms with Gasteiger partial charge in [-0.3, -0.25) is 9.59 Å². The van der Waals surface area contributed by atoms with Gasteiger partial charge < -0.3 is 21.4 Å². The third kappa shape index (κ3) is 3.14. The van der Waals surface area contributed by atoms with Gasteiger partial charge in [0.05, 0.1) is 11.4 Å². The number of guanidine groups is 1. The third-order valence-electron chi connectivity index (χ3n) is 3.07. The van der Waals surface area contributed by atoms with Crippen molar-refractivity contribution >= 4 is 23.5 Å². The molecule has 5 N–H and O–H groups in total. The highest BCUT2D eigenvalue weighted by Gasteiger charge is 2.16. The fourth-order valence-corrected chi connectivity index (χ4v) is 2.22. The van der Waals surface area contributed by atoms with Crippen LogP contribution in [0.4, 0.5) is 5.69 Å². The molecule has 7 nitrogen and oxygen atoms in total. The Kier molecular flexibility index (Phi) is 4.26. The molecule has 0 aliphatic rings. The number of nitrogens with one attached hydrogen (secondary N) is 1. The Morgan fingerprint density at radius 1 is 1.18 bits per heavy atom. The van der Waals surface area contributed by atoms with E-state index < -0.39 is 5.91 Å². The number of carbonyl (C=O) groups excluding carboxylic acids is 2. The van der Waals surface area contributed by atoms with Crippen LogP contribution in [-0.2, 0) is 4.79 Å². The zero-order valence-electron chi connectivity index (χ0n) is 12.3. The Hall–Kier alpha value is -3.09. The van der Waals surface area contributed by atoms with Crippen molar-refractivity contribution in [3.63, 3.8) is 0 Å². The van der Waals surface area contributed by atoms with Crippen molar-refractivity contribution in [3.8, 4) is 5.69 Å². The standard InChI is InChI=1S/C15H17N5O2/c1-9-11(14(22)19-15(16)17)5-6-12(18-10(2)21)13(9)20-7-3-4-8-20/h3-8H,1-2H3,(H,18,21)(H4,16,17,19,22). The van der Waals surface area contributed by atoms with Gasteiger partial charge in [0.15, 0.2) is 5.96 Å². The molecule has 114 valence electrons. The number of nitrogens with two attached hydrogens (primary N) is 2. The van der Waals surface area contributed by atoms with E-state index in [4.69, 9.17) is 11.5 Å². The van der Waals surface area contributed by atoms with Crippen LogP contribution in [-0.4, -0.2) is 22.3 Å². The summed E-state index contributed by atoms with van der Waals surface area (Å²) in [6.45, 7) is 3.20. The van der Waals surface area contributed by atoms with Gasteiger partial charge in [0.2, 0.25) is 5.91 Å². The lowest BCUT2D eigenvalue weighted by Gasteiger charge is -2.16. The van der Waals surface area contributed by atoms with Gasteiger partial charge in [-0.2, -0.15) is 4.99 Å². The van der Waals surface area contributed by atoms with Gasteiger partial charge in [-0.25, -0.2) is 0 Å². The van der Waals surface area contributed by atoms with Crippen LogP contribution in [0.25, 0.3) is 5.69 Å². The van der Waals surface area contributed by atoms with Crippen LogP contribution in [0.5, 0.6) is 0 Å². The molecule has 1 heterocycles. The smallest absolute Gasteiger partial charge is 0.280 e. The van der Waals surface area contributed by atoms with Gasteiger partial charge in [0, 0.05) is 24.9 Å². The molecule has 2 aromatic rings. The van der Waals surface area contributed by atoms with Gasteiger partial charge >= 0.3 is 0 Å². The summed E-state index contributed by atoms with van der Waals surface area (Å²) in [4.78, 5) is 27.0. The minimum Gasteiger partial charge on any atom is -0.370 e. The molecule has 22 heavy (non-hydrogen) atoms. The second-order valence-corrected chi connectivity index (χ2v) is 4.75. The van der Waals surface area contributed by atoms with Crippen LogP contribution in [0.3, 0.4) is 0 Å². The largest absolute Gasteiger partial charge is 0.370 e. The molecule has 0 aliphatic heterocycles. The zero-order valence-corrected chi connectivity index (χ0v) is 12.3. The lowest BCUT2D eigenvalue weighted by Crippen LogP contribution is -2.24. The van der Waals surface area contributed by atoms with E-state index in [-0.39, 0.29) is 11.9 Å². The maximum atomic E-state index is 12.1. The first-order valence-corrected chi connectivity index (χ1v) is 6.58. The van der Waals surface area contributed by atoms with Crippen molar-refractivity contribution in [1.82, 2.24) is 4.57 Å². The molecule has 0 saturated heterocycles. The Labute approximate surface area is 127 Å². The van der Waals surface area contributed by atoms with Crippen LogP contribution < -0.4 is 16.8 Å². The van der Waals surface area contributed by atoms with E-state index in [0.29, 0.717) is 22.5 Å². The van der Waals surface area contributed by atoms with Gasteiger partial charge in [-0.05, 0) is 36.8 Å². The van der Waals surface area contributed by atoms with Gasteiger partial charge in [0.25, 0.3) is 5.91 Å². The molecule has 1 aromatic heterocycles. The fraction of sp³-hybridized carbons (Fsp3) is 0.133. The lowest BCUT2D eigenvalue weighted by molar-refractivity contribution is -0.114. The normalized spacial score (nSPS) is 10.1. The molecule has 0 radical (unpaired) electrons. The average Bonchev–Trinajstić information content (AvgIpc) is 2.90. The molecule has 2 rings (SSSR count). The second kappa shape index (κ2) is 6.13. The summed E-state index contributed by atoms with van der Waals surface area (Å²) in [5.41, 5.74) is 12.8. The van der Waals surface area contributed by atoms with E-state index in [1.54, 1.807) is 19.1 Å². The predicted molar refractivity (Wildman–Crippen MR) is 85.0 cm³/mol. The quantitative estimate of drug-likeness (QED) is 0.582. The Morgan fingerprint density at radius 3 is 2.36 bits per heavy atom.